The summed E-state index contributed by atoms with van der Waals surface area (Å²) in [5.41, 5.74) is 1.82. The molecule has 5 heteroatoms. The highest BCUT2D eigenvalue weighted by Gasteiger charge is 2.44. The Balaban J connectivity index is 1.20. The van der Waals surface area contributed by atoms with Gasteiger partial charge in [0.2, 0.25) is 5.91 Å². The molecule has 1 aromatic carbocycles. The topological polar surface area (TPSA) is 66.5 Å². The number of carbonyl (C=O) groups is 3. The van der Waals surface area contributed by atoms with Gasteiger partial charge in [-0.15, -0.1) is 0 Å². The van der Waals surface area contributed by atoms with Gasteiger partial charge in [-0.1, -0.05) is 45.2 Å². The van der Waals surface area contributed by atoms with E-state index >= 15 is 0 Å². The summed E-state index contributed by atoms with van der Waals surface area (Å²) in [4.78, 5) is 41.6. The number of piperidine rings is 1. The van der Waals surface area contributed by atoms with E-state index in [0.29, 0.717) is 23.3 Å². The van der Waals surface area contributed by atoms with E-state index in [-0.39, 0.29) is 35.5 Å². The molecule has 5 aliphatic rings. The third-order valence-corrected chi connectivity index (χ3v) is 9.75. The zero-order valence-corrected chi connectivity index (χ0v) is 22.2. The first-order chi connectivity index (χ1) is 17.4. The fraction of sp³-hybridized carbons (Fsp3) is 0.710. The average molecular weight is 493 g/mol. The standard InChI is InChI=1S/C31H44N2O3/c1-20(2)29(34)28(23-7-4-3-5-8-23)32-30(35)25-10-6-9-24(19-25)22-13-15-33(16-14-22)31(36)27-12-11-21-17-26(27)18-21/h6,9-10,19-23,26-28H,3-5,7-8,11-18H2,1-2H3,(H,32,35)/t21?,26?,27?,28-/m1/s1. The first-order valence-corrected chi connectivity index (χ1v) is 14.6. The Hall–Kier alpha value is -2.17. The van der Waals surface area contributed by atoms with Crippen LogP contribution in [0.15, 0.2) is 24.3 Å². The molecular formula is C31H44N2O3. The van der Waals surface area contributed by atoms with E-state index in [1.807, 2.05) is 32.0 Å². The Bertz CT molecular complexity index is 950. The first kappa shape index (κ1) is 25.5. The van der Waals surface area contributed by atoms with Crippen molar-refractivity contribution in [1.29, 1.82) is 0 Å². The fourth-order valence-corrected chi connectivity index (χ4v) is 7.40. The molecule has 196 valence electrons. The van der Waals surface area contributed by atoms with Crippen LogP contribution in [0.25, 0.3) is 0 Å². The highest BCUT2D eigenvalue weighted by atomic mass is 16.2. The lowest BCUT2D eigenvalue weighted by Gasteiger charge is -2.47. The van der Waals surface area contributed by atoms with Crippen molar-refractivity contribution in [1.82, 2.24) is 10.2 Å². The van der Waals surface area contributed by atoms with Crippen LogP contribution in [0, 0.1) is 29.6 Å². The Morgan fingerprint density at radius 2 is 1.64 bits per heavy atom. The number of hydrogen-bond acceptors (Lipinski definition) is 3. The van der Waals surface area contributed by atoms with Crippen LogP contribution in [0.5, 0.6) is 0 Å². The maximum atomic E-state index is 13.3. The number of likely N-dealkylation sites (tertiary alicyclic amines) is 1. The number of Topliss-reactive ketones (excluding diaryl/α,β-unsaturated/α-hetero) is 1. The predicted molar refractivity (Wildman–Crippen MR) is 142 cm³/mol. The monoisotopic (exact) mass is 492 g/mol. The molecule has 0 radical (unpaired) electrons. The van der Waals surface area contributed by atoms with E-state index in [4.69, 9.17) is 0 Å². The summed E-state index contributed by atoms with van der Waals surface area (Å²) in [7, 11) is 0. The number of benzene rings is 1. The number of fused-ring (bicyclic) bond motifs is 2. The molecule has 1 unspecified atom stereocenters. The van der Waals surface area contributed by atoms with Crippen LogP contribution in [0.1, 0.15) is 106 Å². The van der Waals surface area contributed by atoms with Gasteiger partial charge in [0.05, 0.1) is 6.04 Å². The number of hydrogen-bond donors (Lipinski definition) is 1. The van der Waals surface area contributed by atoms with Crippen LogP contribution >= 0.6 is 0 Å². The minimum absolute atomic E-state index is 0.0872. The van der Waals surface area contributed by atoms with Crippen LogP contribution in [-0.4, -0.2) is 41.6 Å². The number of nitrogens with one attached hydrogen (secondary N) is 1. The fourth-order valence-electron chi connectivity index (χ4n) is 7.40. The van der Waals surface area contributed by atoms with Crippen LogP contribution in [0.4, 0.5) is 0 Å². The molecule has 1 aliphatic heterocycles. The van der Waals surface area contributed by atoms with Gasteiger partial charge in [-0.05, 0) is 92.7 Å². The molecule has 2 bridgehead atoms. The lowest BCUT2D eigenvalue weighted by atomic mass is 9.59. The van der Waals surface area contributed by atoms with Crippen molar-refractivity contribution >= 4 is 17.6 Å². The van der Waals surface area contributed by atoms with Gasteiger partial charge in [-0.2, -0.15) is 0 Å². The molecule has 0 spiro atoms. The van der Waals surface area contributed by atoms with Crippen LogP contribution in [0.3, 0.4) is 0 Å². The molecule has 2 atom stereocenters. The number of nitrogens with zero attached hydrogens (tertiary/aromatic N) is 1. The van der Waals surface area contributed by atoms with E-state index in [0.717, 1.165) is 64.0 Å². The summed E-state index contributed by atoms with van der Waals surface area (Å²) < 4.78 is 0. The molecular weight excluding hydrogens is 448 g/mol. The van der Waals surface area contributed by atoms with Gasteiger partial charge < -0.3 is 10.2 Å². The maximum Gasteiger partial charge on any atom is 0.251 e. The van der Waals surface area contributed by atoms with Gasteiger partial charge in [0.15, 0.2) is 5.78 Å². The third kappa shape index (κ3) is 5.40. The number of carbonyl (C=O) groups excluding carboxylic acids is 3. The van der Waals surface area contributed by atoms with Crippen molar-refractivity contribution < 1.29 is 14.4 Å². The van der Waals surface area contributed by atoms with Gasteiger partial charge in [0.25, 0.3) is 5.91 Å². The summed E-state index contributed by atoms with van der Waals surface area (Å²) in [6, 6.07) is 7.58. The summed E-state index contributed by atoms with van der Waals surface area (Å²) >= 11 is 0. The third-order valence-electron chi connectivity index (χ3n) is 9.75. The molecule has 0 aromatic heterocycles. The molecule has 6 rings (SSSR count). The molecule has 1 saturated heterocycles. The van der Waals surface area contributed by atoms with Gasteiger partial charge in [0, 0.05) is 30.5 Å². The van der Waals surface area contributed by atoms with Gasteiger partial charge in [0.1, 0.15) is 0 Å². The SMILES string of the molecule is CC(C)C(=O)[C@H](NC(=O)c1cccc(C2CCN(C(=O)C3CCC4CC3C4)CC2)c1)C1CCCCC1. The molecule has 1 heterocycles. The first-order valence-electron chi connectivity index (χ1n) is 14.6. The molecule has 1 aromatic rings. The van der Waals surface area contributed by atoms with E-state index in [1.165, 1.54) is 31.2 Å². The largest absolute Gasteiger partial charge is 0.342 e. The van der Waals surface area contributed by atoms with Crippen LogP contribution in [0.2, 0.25) is 0 Å². The van der Waals surface area contributed by atoms with Gasteiger partial charge in [-0.25, -0.2) is 0 Å². The van der Waals surface area contributed by atoms with E-state index < -0.39 is 0 Å². The molecule has 2 amide bonds. The summed E-state index contributed by atoms with van der Waals surface area (Å²) in [5.74, 6) is 2.75. The Morgan fingerprint density at radius 3 is 2.28 bits per heavy atom. The van der Waals surface area contributed by atoms with Crippen molar-refractivity contribution in [3.05, 3.63) is 35.4 Å². The molecule has 1 N–H and O–H groups in total. The smallest absolute Gasteiger partial charge is 0.251 e. The molecule has 5 fully saturated rings. The summed E-state index contributed by atoms with van der Waals surface area (Å²) in [6.07, 6.45) is 12.3. The lowest BCUT2D eigenvalue weighted by molar-refractivity contribution is -0.143. The van der Waals surface area contributed by atoms with Crippen molar-refractivity contribution in [3.63, 3.8) is 0 Å². The van der Waals surface area contributed by atoms with E-state index in [2.05, 4.69) is 16.3 Å². The summed E-state index contributed by atoms with van der Waals surface area (Å²) in [5, 5.41) is 3.14. The summed E-state index contributed by atoms with van der Waals surface area (Å²) in [6.45, 7) is 5.50. The number of amides is 2. The Kier molecular flexibility index (Phi) is 7.83. The van der Waals surface area contributed by atoms with Crippen LogP contribution < -0.4 is 5.32 Å². The normalized spacial score (nSPS) is 27.9. The quantitative estimate of drug-likeness (QED) is 0.528. The zero-order valence-electron chi connectivity index (χ0n) is 22.2. The van der Waals surface area contributed by atoms with Gasteiger partial charge >= 0.3 is 0 Å². The maximum absolute atomic E-state index is 13.3. The lowest BCUT2D eigenvalue weighted by Crippen LogP contribution is -2.48. The van der Waals surface area contributed by atoms with Crippen molar-refractivity contribution in [2.45, 2.75) is 96.4 Å². The Labute approximate surface area is 216 Å². The number of ketones is 1. The van der Waals surface area contributed by atoms with Gasteiger partial charge in [-0.3, -0.25) is 14.4 Å². The molecule has 36 heavy (non-hydrogen) atoms. The molecule has 5 nitrogen and oxygen atoms in total. The second kappa shape index (κ2) is 11.1. The number of rotatable bonds is 7. The average Bonchev–Trinajstić information content (AvgIpc) is 2.91. The predicted octanol–water partition coefficient (Wildman–Crippen LogP) is 5.73. The van der Waals surface area contributed by atoms with Crippen molar-refractivity contribution in [2.75, 3.05) is 13.1 Å². The molecule has 4 aliphatic carbocycles. The highest BCUT2D eigenvalue weighted by molar-refractivity contribution is 5.98. The van der Waals surface area contributed by atoms with Crippen LogP contribution in [-0.2, 0) is 9.59 Å². The highest BCUT2D eigenvalue weighted by Crippen LogP contribution is 2.49. The minimum Gasteiger partial charge on any atom is -0.342 e. The molecule has 4 saturated carbocycles. The van der Waals surface area contributed by atoms with Crippen molar-refractivity contribution in [2.24, 2.45) is 29.6 Å². The van der Waals surface area contributed by atoms with Crippen molar-refractivity contribution in [3.8, 4) is 0 Å². The minimum atomic E-state index is -0.388. The Morgan fingerprint density at radius 1 is 0.917 bits per heavy atom. The second-order valence-corrected chi connectivity index (χ2v) is 12.4. The second-order valence-electron chi connectivity index (χ2n) is 12.4. The zero-order chi connectivity index (χ0) is 25.2. The van der Waals surface area contributed by atoms with E-state index in [1.54, 1.807) is 0 Å². The van der Waals surface area contributed by atoms with E-state index in [9.17, 15) is 14.4 Å².